The van der Waals surface area contributed by atoms with Gasteiger partial charge in [-0.3, -0.25) is 4.79 Å². The highest BCUT2D eigenvalue weighted by atomic mass is 32.2. The number of ether oxygens (including phenoxy) is 3. The third-order valence-corrected chi connectivity index (χ3v) is 5.79. The van der Waals surface area contributed by atoms with E-state index in [1.165, 1.54) is 10.4 Å². The van der Waals surface area contributed by atoms with Crippen LogP contribution >= 0.6 is 0 Å². The van der Waals surface area contributed by atoms with Crippen molar-refractivity contribution in [2.75, 3.05) is 51.9 Å². The molecular weight excluding hydrogens is 360 g/mol. The van der Waals surface area contributed by atoms with Crippen LogP contribution in [0.5, 0.6) is 5.75 Å². The minimum absolute atomic E-state index is 0.0688. The van der Waals surface area contributed by atoms with Crippen LogP contribution < -0.4 is 10.1 Å². The van der Waals surface area contributed by atoms with E-state index in [4.69, 9.17) is 14.2 Å². The van der Waals surface area contributed by atoms with E-state index < -0.39 is 10.0 Å². The Hall–Kier alpha value is -1.68. The summed E-state index contributed by atoms with van der Waals surface area (Å²) in [5.74, 6) is -0.0801. The monoisotopic (exact) mass is 386 g/mol. The molecule has 1 aromatic rings. The predicted molar refractivity (Wildman–Crippen MR) is 96.9 cm³/mol. The number of rotatable bonds is 10. The summed E-state index contributed by atoms with van der Waals surface area (Å²) >= 11 is 0. The SMILES string of the molecule is CCOc1ccc(NC(=O)COCCOC)cc1S(=O)(=O)N1CCCC1. The molecule has 0 aromatic heterocycles. The Morgan fingerprint density at radius 1 is 1.23 bits per heavy atom. The van der Waals surface area contributed by atoms with Gasteiger partial charge < -0.3 is 19.5 Å². The second kappa shape index (κ2) is 9.86. The van der Waals surface area contributed by atoms with E-state index in [9.17, 15) is 13.2 Å². The van der Waals surface area contributed by atoms with Gasteiger partial charge in [0.1, 0.15) is 17.3 Å². The number of amides is 1. The van der Waals surface area contributed by atoms with Gasteiger partial charge in [-0.1, -0.05) is 0 Å². The Kier molecular flexibility index (Phi) is 7.83. The first-order valence-electron chi connectivity index (χ1n) is 8.62. The number of sulfonamides is 1. The van der Waals surface area contributed by atoms with Gasteiger partial charge in [-0.15, -0.1) is 0 Å². The molecule has 0 radical (unpaired) electrons. The Balaban J connectivity index is 2.15. The molecule has 1 amide bonds. The largest absolute Gasteiger partial charge is 0.492 e. The standard InChI is InChI=1S/C17H26N2O6S/c1-3-25-15-7-6-14(18-17(20)13-24-11-10-23-2)12-16(15)26(21,22)19-8-4-5-9-19/h6-7,12H,3-5,8-11,13H2,1-2H3,(H,18,20). The van der Waals surface area contributed by atoms with E-state index >= 15 is 0 Å². The van der Waals surface area contributed by atoms with Gasteiger partial charge in [0.25, 0.3) is 0 Å². The van der Waals surface area contributed by atoms with Gasteiger partial charge in [0.05, 0.1) is 19.8 Å². The van der Waals surface area contributed by atoms with Gasteiger partial charge in [-0.2, -0.15) is 4.31 Å². The minimum atomic E-state index is -3.66. The van der Waals surface area contributed by atoms with Crippen LogP contribution in [0.15, 0.2) is 23.1 Å². The number of methoxy groups -OCH3 is 1. The van der Waals surface area contributed by atoms with Crippen LogP contribution in [0.4, 0.5) is 5.69 Å². The number of hydrogen-bond acceptors (Lipinski definition) is 6. The van der Waals surface area contributed by atoms with Gasteiger partial charge in [0.15, 0.2) is 0 Å². The van der Waals surface area contributed by atoms with Crippen molar-refractivity contribution >= 4 is 21.6 Å². The highest BCUT2D eigenvalue weighted by Crippen LogP contribution is 2.31. The third-order valence-electron chi connectivity index (χ3n) is 3.88. The lowest BCUT2D eigenvalue weighted by Gasteiger charge is -2.19. The van der Waals surface area contributed by atoms with E-state index in [1.54, 1.807) is 26.2 Å². The minimum Gasteiger partial charge on any atom is -0.492 e. The van der Waals surface area contributed by atoms with Crippen molar-refractivity contribution in [1.82, 2.24) is 4.31 Å². The topological polar surface area (TPSA) is 94.2 Å². The molecule has 1 aliphatic heterocycles. The van der Waals surface area contributed by atoms with Crippen molar-refractivity contribution in [3.63, 3.8) is 0 Å². The molecule has 0 atom stereocenters. The van der Waals surface area contributed by atoms with Crippen molar-refractivity contribution in [2.45, 2.75) is 24.7 Å². The average Bonchev–Trinajstić information content (AvgIpc) is 3.16. The van der Waals surface area contributed by atoms with E-state index in [1.807, 2.05) is 0 Å². The first-order valence-corrected chi connectivity index (χ1v) is 10.1. The predicted octanol–water partition coefficient (Wildman–Crippen LogP) is 1.47. The molecule has 0 saturated carbocycles. The number of carbonyl (C=O) groups is 1. The molecule has 1 heterocycles. The molecule has 0 spiro atoms. The van der Waals surface area contributed by atoms with Crippen LogP contribution in [0.3, 0.4) is 0 Å². The summed E-state index contributed by atoms with van der Waals surface area (Å²) in [4.78, 5) is 12.0. The van der Waals surface area contributed by atoms with Crippen LogP contribution in [-0.2, 0) is 24.3 Å². The maximum atomic E-state index is 12.9. The number of hydrogen-bond donors (Lipinski definition) is 1. The van der Waals surface area contributed by atoms with Crippen LogP contribution in [0.1, 0.15) is 19.8 Å². The Morgan fingerprint density at radius 3 is 2.62 bits per heavy atom. The Bertz CT molecular complexity index is 701. The fourth-order valence-corrected chi connectivity index (χ4v) is 4.31. The molecule has 8 nitrogen and oxygen atoms in total. The van der Waals surface area contributed by atoms with E-state index in [0.717, 1.165) is 12.8 Å². The van der Waals surface area contributed by atoms with Gasteiger partial charge in [-0.05, 0) is 38.0 Å². The third kappa shape index (κ3) is 5.41. The van der Waals surface area contributed by atoms with Crippen molar-refractivity contribution in [2.24, 2.45) is 0 Å². The van der Waals surface area contributed by atoms with Crippen LogP contribution in [0, 0.1) is 0 Å². The lowest BCUT2D eigenvalue weighted by Crippen LogP contribution is -2.28. The highest BCUT2D eigenvalue weighted by Gasteiger charge is 2.30. The zero-order valence-electron chi connectivity index (χ0n) is 15.2. The van der Waals surface area contributed by atoms with E-state index in [0.29, 0.717) is 38.6 Å². The van der Waals surface area contributed by atoms with Crippen molar-refractivity contribution in [1.29, 1.82) is 0 Å². The fraction of sp³-hybridized carbons (Fsp3) is 0.588. The van der Waals surface area contributed by atoms with Crippen LogP contribution in [0.2, 0.25) is 0 Å². The van der Waals surface area contributed by atoms with Gasteiger partial charge >= 0.3 is 0 Å². The molecule has 2 rings (SSSR count). The summed E-state index contributed by atoms with van der Waals surface area (Å²) in [5.41, 5.74) is 0.381. The summed E-state index contributed by atoms with van der Waals surface area (Å²) in [6.07, 6.45) is 1.69. The van der Waals surface area contributed by atoms with Gasteiger partial charge in [0, 0.05) is 25.9 Å². The summed E-state index contributed by atoms with van der Waals surface area (Å²) in [5, 5.41) is 2.65. The van der Waals surface area contributed by atoms with Gasteiger partial charge in [-0.25, -0.2) is 8.42 Å². The second-order valence-electron chi connectivity index (χ2n) is 5.80. The molecule has 146 valence electrons. The maximum absolute atomic E-state index is 12.9. The summed E-state index contributed by atoms with van der Waals surface area (Å²) in [6, 6.07) is 4.61. The zero-order valence-corrected chi connectivity index (χ0v) is 16.0. The number of nitrogens with one attached hydrogen (secondary N) is 1. The van der Waals surface area contributed by atoms with Crippen molar-refractivity contribution in [3.05, 3.63) is 18.2 Å². The molecule has 0 bridgehead atoms. The molecular formula is C17H26N2O6S. The average molecular weight is 386 g/mol. The molecule has 1 fully saturated rings. The Morgan fingerprint density at radius 2 is 1.96 bits per heavy atom. The maximum Gasteiger partial charge on any atom is 0.250 e. The second-order valence-corrected chi connectivity index (χ2v) is 7.71. The Labute approximate surface area is 154 Å². The van der Waals surface area contributed by atoms with E-state index in [-0.39, 0.29) is 23.2 Å². The quantitative estimate of drug-likeness (QED) is 0.612. The lowest BCUT2D eigenvalue weighted by molar-refractivity contribution is -0.121. The summed E-state index contributed by atoms with van der Waals surface area (Å²) in [7, 11) is -2.12. The van der Waals surface area contributed by atoms with Crippen molar-refractivity contribution in [3.8, 4) is 5.75 Å². The summed E-state index contributed by atoms with van der Waals surface area (Å²) in [6.45, 7) is 3.71. The first-order chi connectivity index (χ1) is 12.5. The molecule has 26 heavy (non-hydrogen) atoms. The number of anilines is 1. The molecule has 1 N–H and O–H groups in total. The molecule has 9 heteroatoms. The number of benzene rings is 1. The normalized spacial score (nSPS) is 15.2. The lowest BCUT2D eigenvalue weighted by atomic mass is 10.3. The fourth-order valence-electron chi connectivity index (χ4n) is 2.63. The highest BCUT2D eigenvalue weighted by molar-refractivity contribution is 7.89. The van der Waals surface area contributed by atoms with E-state index in [2.05, 4.69) is 5.32 Å². The molecule has 1 aliphatic rings. The first kappa shape index (κ1) is 20.6. The molecule has 0 unspecified atom stereocenters. The molecule has 1 aromatic carbocycles. The zero-order chi connectivity index (χ0) is 19.0. The van der Waals surface area contributed by atoms with Gasteiger partial charge in [0.2, 0.25) is 15.9 Å². The van der Waals surface area contributed by atoms with Crippen molar-refractivity contribution < 1.29 is 27.4 Å². The van der Waals surface area contributed by atoms with Crippen LogP contribution in [-0.4, -0.2) is 65.3 Å². The number of carbonyl (C=O) groups excluding carboxylic acids is 1. The molecule has 1 saturated heterocycles. The summed E-state index contributed by atoms with van der Waals surface area (Å²) < 4.78 is 42.7. The smallest absolute Gasteiger partial charge is 0.250 e. The van der Waals surface area contributed by atoms with Crippen LogP contribution in [0.25, 0.3) is 0 Å². The number of nitrogens with zero attached hydrogens (tertiary/aromatic N) is 1. The molecule has 0 aliphatic carbocycles.